The van der Waals surface area contributed by atoms with Gasteiger partial charge in [0.05, 0.1) is 19.6 Å². The number of amides is 2. The van der Waals surface area contributed by atoms with E-state index in [1.54, 1.807) is 16.2 Å². The highest BCUT2D eigenvalue weighted by Gasteiger charge is 2.24. The second kappa shape index (κ2) is 9.67. The van der Waals surface area contributed by atoms with E-state index in [-0.39, 0.29) is 24.9 Å². The summed E-state index contributed by atoms with van der Waals surface area (Å²) in [4.78, 5) is 29.7. The Bertz CT molecular complexity index is 729. The Morgan fingerprint density at radius 1 is 1.11 bits per heavy atom. The summed E-state index contributed by atoms with van der Waals surface area (Å²) in [5, 5.41) is 5.00. The highest BCUT2D eigenvalue weighted by molar-refractivity contribution is 7.09. The van der Waals surface area contributed by atoms with Crippen LogP contribution in [0.2, 0.25) is 0 Å². The molecule has 2 aromatic rings. The fraction of sp³-hybridized carbons (Fsp3) is 0.429. The van der Waals surface area contributed by atoms with Crippen molar-refractivity contribution < 1.29 is 9.59 Å². The molecule has 6 heteroatoms. The molecule has 1 aliphatic rings. The third kappa shape index (κ3) is 6.81. The van der Waals surface area contributed by atoms with Crippen LogP contribution in [-0.4, -0.2) is 54.3 Å². The molecule has 1 heterocycles. The van der Waals surface area contributed by atoms with E-state index in [0.29, 0.717) is 19.1 Å². The molecule has 1 aliphatic carbocycles. The SMILES string of the molecule is CN(CC(=O)NC1CC1)CC(=O)N(CCc1ccccc1)Cc1cccs1. The number of nitrogens with zero attached hydrogens (tertiary/aromatic N) is 2. The summed E-state index contributed by atoms with van der Waals surface area (Å²) in [5.74, 6) is 0.0583. The molecule has 1 aromatic heterocycles. The summed E-state index contributed by atoms with van der Waals surface area (Å²) < 4.78 is 0. The summed E-state index contributed by atoms with van der Waals surface area (Å²) in [6.45, 7) is 1.79. The van der Waals surface area contributed by atoms with Crippen molar-refractivity contribution in [1.29, 1.82) is 0 Å². The van der Waals surface area contributed by atoms with Crippen LogP contribution in [0.3, 0.4) is 0 Å². The lowest BCUT2D eigenvalue weighted by molar-refractivity contribution is -0.133. The molecule has 0 bridgehead atoms. The van der Waals surface area contributed by atoms with Crippen LogP contribution in [0.5, 0.6) is 0 Å². The molecule has 0 aliphatic heterocycles. The number of nitrogens with one attached hydrogen (secondary N) is 1. The maximum atomic E-state index is 12.9. The van der Waals surface area contributed by atoms with Crippen LogP contribution in [0, 0.1) is 0 Å². The number of likely N-dealkylation sites (N-methyl/N-ethyl adjacent to an activating group) is 1. The molecule has 1 N–H and O–H groups in total. The molecular weight excluding hydrogens is 358 g/mol. The molecule has 1 fully saturated rings. The molecule has 5 nitrogen and oxygen atoms in total. The van der Waals surface area contributed by atoms with Crippen molar-refractivity contribution in [2.24, 2.45) is 0 Å². The van der Waals surface area contributed by atoms with Gasteiger partial charge in [-0.2, -0.15) is 0 Å². The third-order valence-electron chi connectivity index (χ3n) is 4.55. The van der Waals surface area contributed by atoms with E-state index in [0.717, 1.165) is 19.3 Å². The number of carbonyl (C=O) groups excluding carboxylic acids is 2. The topological polar surface area (TPSA) is 52.7 Å². The largest absolute Gasteiger partial charge is 0.352 e. The van der Waals surface area contributed by atoms with Gasteiger partial charge in [-0.05, 0) is 43.3 Å². The van der Waals surface area contributed by atoms with Gasteiger partial charge >= 0.3 is 0 Å². The monoisotopic (exact) mass is 385 g/mol. The second-order valence-corrected chi connectivity index (χ2v) is 8.18. The van der Waals surface area contributed by atoms with E-state index < -0.39 is 0 Å². The lowest BCUT2D eigenvalue weighted by Crippen LogP contribution is -2.43. The van der Waals surface area contributed by atoms with E-state index in [4.69, 9.17) is 0 Å². The first-order valence-electron chi connectivity index (χ1n) is 9.42. The minimum atomic E-state index is 0.00175. The predicted octanol–water partition coefficient (Wildman–Crippen LogP) is 2.53. The molecule has 0 unspecified atom stereocenters. The van der Waals surface area contributed by atoms with Gasteiger partial charge in [0.25, 0.3) is 0 Å². The van der Waals surface area contributed by atoms with Crippen LogP contribution in [-0.2, 0) is 22.6 Å². The Labute approximate surface area is 165 Å². The average molecular weight is 386 g/mol. The Morgan fingerprint density at radius 3 is 2.56 bits per heavy atom. The number of hydrogen-bond donors (Lipinski definition) is 1. The fourth-order valence-electron chi connectivity index (χ4n) is 2.92. The highest BCUT2D eigenvalue weighted by Crippen LogP contribution is 2.18. The van der Waals surface area contributed by atoms with Gasteiger partial charge in [0, 0.05) is 17.5 Å². The molecule has 144 valence electrons. The second-order valence-electron chi connectivity index (χ2n) is 7.14. The van der Waals surface area contributed by atoms with Crippen molar-refractivity contribution in [3.05, 3.63) is 58.3 Å². The van der Waals surface area contributed by atoms with Gasteiger partial charge in [0.1, 0.15) is 0 Å². The number of carbonyl (C=O) groups is 2. The maximum absolute atomic E-state index is 12.9. The van der Waals surface area contributed by atoms with Crippen LogP contribution < -0.4 is 5.32 Å². The zero-order valence-corrected chi connectivity index (χ0v) is 16.6. The minimum absolute atomic E-state index is 0.00175. The molecule has 1 aromatic carbocycles. The zero-order chi connectivity index (χ0) is 19.1. The Balaban J connectivity index is 1.54. The standard InChI is InChI=1S/C21H27N3O2S/c1-23(15-20(25)22-18-9-10-18)16-21(26)24(14-19-8-5-13-27-19)12-11-17-6-3-2-4-7-17/h2-8,13,18H,9-12,14-16H2,1H3,(H,22,25). The average Bonchev–Trinajstić information content (AvgIpc) is 3.30. The van der Waals surface area contributed by atoms with Crippen LogP contribution in [0.15, 0.2) is 47.8 Å². The quantitative estimate of drug-likeness (QED) is 0.684. The third-order valence-corrected chi connectivity index (χ3v) is 5.42. The van der Waals surface area contributed by atoms with E-state index >= 15 is 0 Å². The number of benzene rings is 1. The fourth-order valence-corrected chi connectivity index (χ4v) is 3.64. The van der Waals surface area contributed by atoms with E-state index in [1.807, 2.05) is 41.6 Å². The first kappa shape index (κ1) is 19.6. The molecule has 0 radical (unpaired) electrons. The van der Waals surface area contributed by atoms with Gasteiger partial charge in [-0.15, -0.1) is 11.3 Å². The molecule has 0 saturated heterocycles. The normalized spacial score (nSPS) is 13.6. The Hall–Kier alpha value is -2.18. The van der Waals surface area contributed by atoms with Crippen LogP contribution in [0.25, 0.3) is 0 Å². The van der Waals surface area contributed by atoms with Gasteiger partial charge in [-0.25, -0.2) is 0 Å². The number of thiophene rings is 1. The van der Waals surface area contributed by atoms with E-state index in [2.05, 4.69) is 23.5 Å². The number of hydrogen-bond acceptors (Lipinski definition) is 4. The van der Waals surface area contributed by atoms with Gasteiger partial charge in [0.2, 0.25) is 11.8 Å². The van der Waals surface area contributed by atoms with Crippen LogP contribution in [0.4, 0.5) is 0 Å². The maximum Gasteiger partial charge on any atom is 0.237 e. The smallest absolute Gasteiger partial charge is 0.237 e. The van der Waals surface area contributed by atoms with Crippen molar-refractivity contribution in [3.63, 3.8) is 0 Å². The van der Waals surface area contributed by atoms with Gasteiger partial charge < -0.3 is 10.2 Å². The molecule has 2 amide bonds. The summed E-state index contributed by atoms with van der Waals surface area (Å²) in [5.41, 5.74) is 1.22. The lowest BCUT2D eigenvalue weighted by atomic mass is 10.1. The van der Waals surface area contributed by atoms with Gasteiger partial charge in [-0.1, -0.05) is 36.4 Å². The first-order chi connectivity index (χ1) is 13.1. The van der Waals surface area contributed by atoms with Crippen molar-refractivity contribution in [1.82, 2.24) is 15.1 Å². The Morgan fingerprint density at radius 2 is 1.89 bits per heavy atom. The zero-order valence-electron chi connectivity index (χ0n) is 15.8. The van der Waals surface area contributed by atoms with Crippen molar-refractivity contribution in [3.8, 4) is 0 Å². The van der Waals surface area contributed by atoms with Crippen molar-refractivity contribution in [2.45, 2.75) is 31.8 Å². The van der Waals surface area contributed by atoms with Crippen molar-refractivity contribution in [2.75, 3.05) is 26.7 Å². The molecule has 0 spiro atoms. The van der Waals surface area contributed by atoms with Crippen LogP contribution in [0.1, 0.15) is 23.3 Å². The molecule has 0 atom stereocenters. The first-order valence-corrected chi connectivity index (χ1v) is 10.3. The summed E-state index contributed by atoms with van der Waals surface area (Å²) >= 11 is 1.66. The lowest BCUT2D eigenvalue weighted by Gasteiger charge is -2.25. The van der Waals surface area contributed by atoms with E-state index in [9.17, 15) is 9.59 Å². The predicted molar refractivity (Wildman–Crippen MR) is 109 cm³/mol. The van der Waals surface area contributed by atoms with Gasteiger partial charge in [0.15, 0.2) is 0 Å². The molecule has 1 saturated carbocycles. The summed E-state index contributed by atoms with van der Waals surface area (Å²) in [6.07, 6.45) is 2.97. The Kier molecular flexibility index (Phi) is 7.01. The minimum Gasteiger partial charge on any atom is -0.352 e. The van der Waals surface area contributed by atoms with E-state index in [1.165, 1.54) is 10.4 Å². The number of rotatable bonds is 10. The van der Waals surface area contributed by atoms with Crippen molar-refractivity contribution >= 4 is 23.2 Å². The van der Waals surface area contributed by atoms with Gasteiger partial charge in [-0.3, -0.25) is 14.5 Å². The van der Waals surface area contributed by atoms with Crippen LogP contribution >= 0.6 is 11.3 Å². The summed E-state index contributed by atoms with van der Waals surface area (Å²) in [7, 11) is 1.82. The molecule has 27 heavy (non-hydrogen) atoms. The highest BCUT2D eigenvalue weighted by atomic mass is 32.1. The molecule has 3 rings (SSSR count). The molecular formula is C21H27N3O2S. The summed E-state index contributed by atoms with van der Waals surface area (Å²) in [6, 6.07) is 14.6.